The number of aromatic hydroxyl groups is 1. The third kappa shape index (κ3) is 3.77. The van der Waals surface area contributed by atoms with E-state index in [1.165, 1.54) is 10.8 Å². The Bertz CT molecular complexity index is 1110. The Kier molecular flexibility index (Phi) is 5.47. The fourth-order valence-corrected chi connectivity index (χ4v) is 4.30. The van der Waals surface area contributed by atoms with Crippen molar-refractivity contribution in [2.24, 2.45) is 0 Å². The van der Waals surface area contributed by atoms with Gasteiger partial charge in [-0.2, -0.15) is 0 Å². The van der Waals surface area contributed by atoms with E-state index in [4.69, 9.17) is 0 Å². The van der Waals surface area contributed by atoms with Gasteiger partial charge in [0.05, 0.1) is 6.04 Å². The van der Waals surface area contributed by atoms with Gasteiger partial charge in [0, 0.05) is 36.5 Å². The molecule has 164 valence electrons. The lowest BCUT2D eigenvalue weighted by Gasteiger charge is -2.35. The zero-order valence-electron chi connectivity index (χ0n) is 16.4. The number of carbonyl (C=O) groups excluding carboxylic acids is 2. The average molecular weight is 435 g/mol. The number of amides is 2. The zero-order chi connectivity index (χ0) is 22.3. The van der Waals surface area contributed by atoms with E-state index in [2.05, 4.69) is 10.6 Å². The van der Waals surface area contributed by atoms with Crippen molar-refractivity contribution in [2.45, 2.75) is 50.7 Å². The molecule has 2 atom stereocenters. The Morgan fingerprint density at radius 1 is 1.13 bits per heavy atom. The molecule has 1 aliphatic heterocycles. The van der Waals surface area contributed by atoms with Crippen molar-refractivity contribution in [3.8, 4) is 5.75 Å². The molecule has 7 nitrogen and oxygen atoms in total. The van der Waals surface area contributed by atoms with E-state index in [1.807, 2.05) is 0 Å². The number of pyridine rings is 1. The van der Waals surface area contributed by atoms with E-state index >= 15 is 0 Å². The van der Waals surface area contributed by atoms with Gasteiger partial charge in [-0.1, -0.05) is 19.3 Å². The predicted molar refractivity (Wildman–Crippen MR) is 103 cm³/mol. The summed E-state index contributed by atoms with van der Waals surface area (Å²) in [5, 5.41) is 15.4. The highest BCUT2D eigenvalue weighted by atomic mass is 19.1. The zero-order valence-corrected chi connectivity index (χ0v) is 16.4. The van der Waals surface area contributed by atoms with Crippen LogP contribution >= 0.6 is 0 Å². The first-order chi connectivity index (χ1) is 14.8. The van der Waals surface area contributed by atoms with Gasteiger partial charge in [-0.25, -0.2) is 13.2 Å². The van der Waals surface area contributed by atoms with Crippen LogP contribution in [-0.2, 0) is 6.54 Å². The van der Waals surface area contributed by atoms with Gasteiger partial charge in [-0.15, -0.1) is 0 Å². The summed E-state index contributed by atoms with van der Waals surface area (Å²) in [5.41, 5.74) is -2.30. The highest BCUT2D eigenvalue weighted by Gasteiger charge is 2.37. The molecule has 0 bridgehead atoms. The first kappa shape index (κ1) is 21.0. The number of halogens is 3. The van der Waals surface area contributed by atoms with E-state index in [9.17, 15) is 32.7 Å². The number of benzene rings is 1. The molecule has 2 aromatic rings. The number of nitrogens with one attached hydrogen (secondary N) is 2. The highest BCUT2D eigenvalue weighted by Crippen LogP contribution is 2.33. The molecular weight excluding hydrogens is 415 g/mol. The molecule has 2 aliphatic rings. The largest absolute Gasteiger partial charge is 0.503 e. The van der Waals surface area contributed by atoms with Gasteiger partial charge in [-0.3, -0.25) is 14.4 Å². The summed E-state index contributed by atoms with van der Waals surface area (Å²) in [5.74, 6) is -5.89. The van der Waals surface area contributed by atoms with Gasteiger partial charge < -0.3 is 20.3 Å². The van der Waals surface area contributed by atoms with Crippen LogP contribution in [0.3, 0.4) is 0 Å². The summed E-state index contributed by atoms with van der Waals surface area (Å²) >= 11 is 0. The van der Waals surface area contributed by atoms with E-state index in [0.29, 0.717) is 18.6 Å². The fourth-order valence-electron chi connectivity index (χ4n) is 4.30. The topological polar surface area (TPSA) is 100 Å². The van der Waals surface area contributed by atoms with Crippen LogP contribution in [0.4, 0.5) is 13.2 Å². The molecule has 1 aliphatic carbocycles. The summed E-state index contributed by atoms with van der Waals surface area (Å²) in [6, 6.07) is 0.534. The summed E-state index contributed by atoms with van der Waals surface area (Å²) < 4.78 is 42.1. The summed E-state index contributed by atoms with van der Waals surface area (Å²) in [7, 11) is 0. The quantitative estimate of drug-likeness (QED) is 0.690. The van der Waals surface area contributed by atoms with Crippen molar-refractivity contribution >= 4 is 11.8 Å². The maximum absolute atomic E-state index is 13.8. The molecule has 2 heterocycles. The SMILES string of the molecule is O=C(NCc1c(F)cc(F)cc1F)c1cn2c(c(O)c1=O)C(=O)N[C@H]1CCCCC[C@H]12. The van der Waals surface area contributed by atoms with Gasteiger partial charge in [-0.05, 0) is 12.8 Å². The van der Waals surface area contributed by atoms with Crippen molar-refractivity contribution in [2.75, 3.05) is 0 Å². The van der Waals surface area contributed by atoms with Crippen LogP contribution in [0, 0.1) is 17.5 Å². The molecule has 0 unspecified atom stereocenters. The smallest absolute Gasteiger partial charge is 0.272 e. The van der Waals surface area contributed by atoms with Crippen LogP contribution in [0.1, 0.15) is 64.6 Å². The molecule has 1 aromatic heterocycles. The van der Waals surface area contributed by atoms with Crippen molar-refractivity contribution in [1.82, 2.24) is 15.2 Å². The molecule has 0 saturated heterocycles. The summed E-state index contributed by atoms with van der Waals surface area (Å²) in [4.78, 5) is 37.6. The molecule has 31 heavy (non-hydrogen) atoms. The van der Waals surface area contributed by atoms with Crippen molar-refractivity contribution in [3.63, 3.8) is 0 Å². The fraction of sp³-hybridized carbons (Fsp3) is 0.381. The molecule has 1 fully saturated rings. The normalized spacial score (nSPS) is 20.3. The molecule has 3 N–H and O–H groups in total. The standard InChI is InChI=1S/C21H20F3N3O4/c22-10-6-13(23)11(14(24)7-10)8-25-20(30)12-9-27-16-5-3-1-2-4-15(16)26-21(31)17(27)19(29)18(12)28/h6-7,9,15-16,29H,1-5,8H2,(H,25,30)(H,26,31)/t15-,16+/m0/s1. The second-order valence-electron chi connectivity index (χ2n) is 7.79. The highest BCUT2D eigenvalue weighted by molar-refractivity contribution is 5.99. The van der Waals surface area contributed by atoms with Gasteiger partial charge in [0.15, 0.2) is 11.4 Å². The van der Waals surface area contributed by atoms with Crippen LogP contribution in [-0.4, -0.2) is 27.5 Å². The number of rotatable bonds is 3. The number of hydrogen-bond donors (Lipinski definition) is 3. The van der Waals surface area contributed by atoms with Gasteiger partial charge in [0.2, 0.25) is 5.43 Å². The Morgan fingerprint density at radius 2 is 1.81 bits per heavy atom. The molecule has 2 amide bonds. The van der Waals surface area contributed by atoms with Crippen LogP contribution < -0.4 is 16.1 Å². The number of nitrogens with zero attached hydrogens (tertiary/aromatic N) is 1. The third-order valence-corrected chi connectivity index (χ3v) is 5.85. The van der Waals surface area contributed by atoms with Gasteiger partial charge in [0.25, 0.3) is 11.8 Å². The second kappa shape index (κ2) is 8.09. The molecule has 0 radical (unpaired) electrons. The van der Waals surface area contributed by atoms with Crippen LogP contribution in [0.25, 0.3) is 0 Å². The van der Waals surface area contributed by atoms with Crippen LogP contribution in [0.15, 0.2) is 23.1 Å². The predicted octanol–water partition coefficient (Wildman–Crippen LogP) is 2.52. The Hall–Kier alpha value is -3.30. The molecule has 10 heteroatoms. The molecule has 4 rings (SSSR count). The van der Waals surface area contributed by atoms with E-state index in [-0.39, 0.29) is 17.8 Å². The Morgan fingerprint density at radius 3 is 2.52 bits per heavy atom. The van der Waals surface area contributed by atoms with Crippen molar-refractivity contribution in [3.05, 3.63) is 62.8 Å². The minimum Gasteiger partial charge on any atom is -0.503 e. The Labute approximate surface area is 174 Å². The maximum Gasteiger partial charge on any atom is 0.272 e. The molecule has 1 aromatic carbocycles. The lowest BCUT2D eigenvalue weighted by molar-refractivity contribution is 0.0859. The van der Waals surface area contributed by atoms with E-state index in [0.717, 1.165) is 25.7 Å². The van der Waals surface area contributed by atoms with Gasteiger partial charge in [0.1, 0.15) is 23.0 Å². The first-order valence-corrected chi connectivity index (χ1v) is 9.98. The molecule has 0 spiro atoms. The number of carbonyl (C=O) groups is 2. The van der Waals surface area contributed by atoms with Crippen LogP contribution in [0.5, 0.6) is 5.75 Å². The Balaban J connectivity index is 1.67. The van der Waals surface area contributed by atoms with Crippen LogP contribution in [0.2, 0.25) is 0 Å². The lowest BCUT2D eigenvalue weighted by atomic mass is 9.97. The number of aromatic nitrogens is 1. The minimum atomic E-state index is -1.18. The van der Waals surface area contributed by atoms with Gasteiger partial charge >= 0.3 is 0 Å². The van der Waals surface area contributed by atoms with Crippen molar-refractivity contribution < 1.29 is 27.9 Å². The second-order valence-corrected chi connectivity index (χ2v) is 7.79. The minimum absolute atomic E-state index is 0.192. The maximum atomic E-state index is 13.8. The van der Waals surface area contributed by atoms with Crippen molar-refractivity contribution in [1.29, 1.82) is 0 Å². The number of hydrogen-bond acceptors (Lipinski definition) is 4. The van der Waals surface area contributed by atoms with E-state index in [1.54, 1.807) is 0 Å². The molecular formula is C21H20F3N3O4. The summed E-state index contributed by atoms with van der Waals surface area (Å²) in [6.45, 7) is -0.634. The molecule has 1 saturated carbocycles. The average Bonchev–Trinajstić information content (AvgIpc) is 2.94. The monoisotopic (exact) mass is 435 g/mol. The first-order valence-electron chi connectivity index (χ1n) is 9.98. The third-order valence-electron chi connectivity index (χ3n) is 5.85. The lowest BCUT2D eigenvalue weighted by Crippen LogP contribution is -2.48. The summed E-state index contributed by atoms with van der Waals surface area (Å²) in [6.07, 6.45) is 5.41. The number of fused-ring (bicyclic) bond motifs is 3. The van der Waals surface area contributed by atoms with E-state index < -0.39 is 58.1 Å².